The maximum absolute atomic E-state index is 6.93. The predicted molar refractivity (Wildman–Crippen MR) is 57.9 cm³/mol. The fourth-order valence-corrected chi connectivity index (χ4v) is 1.10. The largest absolute Gasteiger partial charge is 0.382 e. The van der Waals surface area contributed by atoms with E-state index in [1.54, 1.807) is 7.11 Å². The molecule has 3 N–H and O–H groups in total. The molecule has 6 heteroatoms. The molecule has 0 aliphatic rings. The van der Waals surface area contributed by atoms with Crippen molar-refractivity contribution < 1.29 is 14.2 Å². The Morgan fingerprint density at radius 1 is 1.14 bits per heavy atom. The van der Waals surface area contributed by atoms with Crippen molar-refractivity contribution in [2.75, 3.05) is 45.9 Å². The van der Waals surface area contributed by atoms with Gasteiger partial charge in [-0.3, -0.25) is 5.41 Å². The van der Waals surface area contributed by atoms with E-state index in [0.717, 1.165) is 0 Å². The molecule has 0 saturated heterocycles. The lowest BCUT2D eigenvalue weighted by Gasteiger charge is -2.04. The molecule has 0 spiro atoms. The third kappa shape index (κ3) is 11.7. The summed E-state index contributed by atoms with van der Waals surface area (Å²) in [6.45, 7) is 2.95. The van der Waals surface area contributed by atoms with Gasteiger partial charge in [-0.2, -0.15) is 0 Å². The van der Waals surface area contributed by atoms with E-state index in [0.29, 0.717) is 38.8 Å². The lowest BCUT2D eigenvalue weighted by atomic mass is 10.7. The average molecular weight is 222 g/mol. The van der Waals surface area contributed by atoms with Crippen molar-refractivity contribution in [2.24, 2.45) is 5.73 Å². The molecule has 0 aromatic rings. The second-order valence-electron chi connectivity index (χ2n) is 2.43. The Morgan fingerprint density at radius 3 is 2.29 bits per heavy atom. The summed E-state index contributed by atoms with van der Waals surface area (Å²) in [5.74, 6) is 0.716. The van der Waals surface area contributed by atoms with Crippen molar-refractivity contribution in [1.29, 1.82) is 5.41 Å². The van der Waals surface area contributed by atoms with Gasteiger partial charge in [-0.05, 0) is 0 Å². The van der Waals surface area contributed by atoms with Gasteiger partial charge in [0.1, 0.15) is 0 Å². The topological polar surface area (TPSA) is 77.6 Å². The van der Waals surface area contributed by atoms with Crippen LogP contribution in [0.1, 0.15) is 0 Å². The Kier molecular flexibility index (Phi) is 10.5. The van der Waals surface area contributed by atoms with E-state index < -0.39 is 0 Å². The summed E-state index contributed by atoms with van der Waals surface area (Å²) in [6.07, 6.45) is 0. The molecule has 0 aliphatic carbocycles. The van der Waals surface area contributed by atoms with Crippen molar-refractivity contribution in [3.8, 4) is 0 Å². The number of hydrogen-bond donors (Lipinski definition) is 2. The normalized spacial score (nSPS) is 10.4. The van der Waals surface area contributed by atoms with Crippen molar-refractivity contribution in [3.05, 3.63) is 0 Å². The van der Waals surface area contributed by atoms with Crippen LogP contribution in [0.25, 0.3) is 0 Å². The maximum Gasteiger partial charge on any atom is 0.151 e. The molecule has 0 fully saturated rings. The van der Waals surface area contributed by atoms with Crippen LogP contribution in [0, 0.1) is 5.41 Å². The Labute approximate surface area is 88.8 Å². The van der Waals surface area contributed by atoms with E-state index in [2.05, 4.69) is 0 Å². The monoisotopic (exact) mass is 222 g/mol. The molecule has 0 radical (unpaired) electrons. The molecule has 0 aromatic heterocycles. The third-order valence-corrected chi connectivity index (χ3v) is 1.97. The Bertz CT molecular complexity index is 147. The molecule has 0 atom stereocenters. The second-order valence-corrected chi connectivity index (χ2v) is 3.57. The summed E-state index contributed by atoms with van der Waals surface area (Å²) >= 11 is 1.28. The van der Waals surface area contributed by atoms with Crippen LogP contribution in [0.5, 0.6) is 0 Å². The molecular formula is C8H18N2O3S. The number of thioether (sulfide) groups is 1. The number of amidine groups is 1. The minimum Gasteiger partial charge on any atom is -0.382 e. The number of hydrogen-bond acceptors (Lipinski definition) is 5. The van der Waals surface area contributed by atoms with Crippen molar-refractivity contribution >= 4 is 16.9 Å². The van der Waals surface area contributed by atoms with Crippen LogP contribution >= 0.6 is 11.8 Å². The van der Waals surface area contributed by atoms with Crippen LogP contribution in [-0.4, -0.2) is 51.1 Å². The van der Waals surface area contributed by atoms with Crippen LogP contribution < -0.4 is 5.73 Å². The highest BCUT2D eigenvalue weighted by Gasteiger charge is 1.92. The van der Waals surface area contributed by atoms with Crippen molar-refractivity contribution in [3.63, 3.8) is 0 Å². The van der Waals surface area contributed by atoms with E-state index in [1.165, 1.54) is 11.8 Å². The first-order valence-corrected chi connectivity index (χ1v) is 5.37. The Balaban J connectivity index is 2.88. The molecule has 5 nitrogen and oxygen atoms in total. The molecule has 0 saturated carbocycles. The predicted octanol–water partition coefficient (Wildman–Crippen LogP) is 0.293. The van der Waals surface area contributed by atoms with E-state index in [4.69, 9.17) is 25.4 Å². The highest BCUT2D eigenvalue weighted by atomic mass is 32.2. The first kappa shape index (κ1) is 13.7. The highest BCUT2D eigenvalue weighted by Crippen LogP contribution is 1.96. The van der Waals surface area contributed by atoms with Crippen LogP contribution in [0.2, 0.25) is 0 Å². The van der Waals surface area contributed by atoms with Crippen LogP contribution in [0.15, 0.2) is 0 Å². The molecule has 0 amide bonds. The summed E-state index contributed by atoms with van der Waals surface area (Å²) in [5.41, 5.74) is 5.14. The highest BCUT2D eigenvalue weighted by molar-refractivity contribution is 8.13. The van der Waals surface area contributed by atoms with Gasteiger partial charge >= 0.3 is 0 Å². The molecule has 0 aromatic carbocycles. The number of nitrogens with one attached hydrogen (secondary N) is 1. The van der Waals surface area contributed by atoms with Gasteiger partial charge in [0, 0.05) is 12.9 Å². The van der Waals surface area contributed by atoms with E-state index in [1.807, 2.05) is 0 Å². The zero-order valence-corrected chi connectivity index (χ0v) is 9.27. The molecule has 0 aliphatic heterocycles. The van der Waals surface area contributed by atoms with Gasteiger partial charge in [0.05, 0.1) is 33.0 Å². The van der Waals surface area contributed by atoms with Gasteiger partial charge in [0.2, 0.25) is 0 Å². The van der Waals surface area contributed by atoms with Crippen molar-refractivity contribution in [1.82, 2.24) is 0 Å². The fraction of sp³-hybridized carbons (Fsp3) is 0.875. The third-order valence-electron chi connectivity index (χ3n) is 1.29. The van der Waals surface area contributed by atoms with Gasteiger partial charge in [-0.15, -0.1) is 0 Å². The Morgan fingerprint density at radius 2 is 1.71 bits per heavy atom. The lowest BCUT2D eigenvalue weighted by Crippen LogP contribution is -2.11. The smallest absolute Gasteiger partial charge is 0.151 e. The SMILES string of the molecule is COCCOCCOCCSC(=N)N. The first-order valence-electron chi connectivity index (χ1n) is 4.38. The number of ether oxygens (including phenoxy) is 3. The van der Waals surface area contributed by atoms with E-state index >= 15 is 0 Å². The Hall–Kier alpha value is -0.300. The molecule has 84 valence electrons. The summed E-state index contributed by atoms with van der Waals surface area (Å²) in [6, 6.07) is 0. The summed E-state index contributed by atoms with van der Waals surface area (Å²) in [4.78, 5) is 0. The molecule has 0 unspecified atom stereocenters. The summed E-state index contributed by atoms with van der Waals surface area (Å²) in [7, 11) is 1.64. The van der Waals surface area contributed by atoms with Gasteiger partial charge < -0.3 is 19.9 Å². The molecule has 0 rings (SSSR count). The minimum atomic E-state index is 0.130. The molecule has 0 bridgehead atoms. The van der Waals surface area contributed by atoms with Crippen molar-refractivity contribution in [2.45, 2.75) is 0 Å². The van der Waals surface area contributed by atoms with Gasteiger partial charge in [0.15, 0.2) is 5.17 Å². The van der Waals surface area contributed by atoms with Crippen LogP contribution in [0.3, 0.4) is 0 Å². The quantitative estimate of drug-likeness (QED) is 0.333. The number of methoxy groups -OCH3 is 1. The first-order chi connectivity index (χ1) is 6.77. The zero-order valence-electron chi connectivity index (χ0n) is 8.45. The second kappa shape index (κ2) is 10.8. The van der Waals surface area contributed by atoms with E-state index in [-0.39, 0.29) is 5.17 Å². The number of rotatable bonds is 9. The fourth-order valence-electron chi connectivity index (χ4n) is 0.675. The summed E-state index contributed by atoms with van der Waals surface area (Å²) < 4.78 is 15.2. The maximum atomic E-state index is 6.93. The van der Waals surface area contributed by atoms with Gasteiger partial charge in [-0.25, -0.2) is 0 Å². The zero-order chi connectivity index (χ0) is 10.6. The van der Waals surface area contributed by atoms with E-state index in [9.17, 15) is 0 Å². The molecule has 14 heavy (non-hydrogen) atoms. The molecule has 0 heterocycles. The number of nitrogens with two attached hydrogens (primary N) is 1. The van der Waals surface area contributed by atoms with Crippen LogP contribution in [-0.2, 0) is 14.2 Å². The summed E-state index contributed by atoms with van der Waals surface area (Å²) in [5, 5.41) is 7.06. The van der Waals surface area contributed by atoms with Crippen LogP contribution in [0.4, 0.5) is 0 Å². The van der Waals surface area contributed by atoms with Gasteiger partial charge in [0.25, 0.3) is 0 Å². The van der Waals surface area contributed by atoms with Gasteiger partial charge in [-0.1, -0.05) is 11.8 Å². The minimum absolute atomic E-state index is 0.130. The standard InChI is InChI=1S/C8H18N2O3S/c1-11-2-3-12-4-5-13-6-7-14-8(9)10/h2-7H2,1H3,(H3,9,10). The molecular weight excluding hydrogens is 204 g/mol. The average Bonchev–Trinajstić information content (AvgIpc) is 2.15. The lowest BCUT2D eigenvalue weighted by molar-refractivity contribution is 0.0286.